The standard InChI is InChI=1S/C16H20N2O/c19-16(18-10-12-6-2-1-3-7-12)14-11-17-15-9-5-4-8-13(14)15/h4-5,8-9,11-12,17H,1-3,6-7,10H2,(H,18,19). The van der Waals surface area contributed by atoms with Crippen LogP contribution in [0.25, 0.3) is 10.9 Å². The number of nitrogens with one attached hydrogen (secondary N) is 2. The SMILES string of the molecule is O=C(NCC1CCCCC1)c1c[nH]c2ccccc12. The molecule has 1 aliphatic carbocycles. The van der Waals surface area contributed by atoms with Gasteiger partial charge >= 0.3 is 0 Å². The molecule has 1 saturated carbocycles. The largest absolute Gasteiger partial charge is 0.360 e. The molecule has 3 rings (SSSR count). The first-order valence-corrected chi connectivity index (χ1v) is 7.19. The van der Waals surface area contributed by atoms with Gasteiger partial charge in [-0.15, -0.1) is 0 Å². The van der Waals surface area contributed by atoms with E-state index in [1.54, 1.807) is 6.20 Å². The highest BCUT2D eigenvalue weighted by Crippen LogP contribution is 2.23. The van der Waals surface area contributed by atoms with Gasteiger partial charge in [-0.3, -0.25) is 4.79 Å². The van der Waals surface area contributed by atoms with Crippen LogP contribution in [-0.4, -0.2) is 17.4 Å². The lowest BCUT2D eigenvalue weighted by Gasteiger charge is -2.21. The van der Waals surface area contributed by atoms with Crippen LogP contribution < -0.4 is 5.32 Å². The monoisotopic (exact) mass is 256 g/mol. The van der Waals surface area contributed by atoms with Crippen molar-refractivity contribution in [3.63, 3.8) is 0 Å². The fourth-order valence-corrected chi connectivity index (χ4v) is 2.98. The number of benzene rings is 1. The van der Waals surface area contributed by atoms with E-state index in [9.17, 15) is 4.79 Å². The molecule has 1 aliphatic rings. The number of carbonyl (C=O) groups excluding carboxylic acids is 1. The van der Waals surface area contributed by atoms with E-state index in [2.05, 4.69) is 10.3 Å². The summed E-state index contributed by atoms with van der Waals surface area (Å²) in [6.07, 6.45) is 8.30. The van der Waals surface area contributed by atoms with Crippen LogP contribution in [0.15, 0.2) is 30.5 Å². The molecule has 2 aromatic rings. The predicted octanol–water partition coefficient (Wildman–Crippen LogP) is 3.48. The summed E-state index contributed by atoms with van der Waals surface area (Å²) in [5.74, 6) is 0.714. The van der Waals surface area contributed by atoms with E-state index in [1.807, 2.05) is 24.3 Å². The number of hydrogen-bond donors (Lipinski definition) is 2. The van der Waals surface area contributed by atoms with Crippen LogP contribution in [0.5, 0.6) is 0 Å². The Kier molecular flexibility index (Phi) is 3.53. The highest BCUT2D eigenvalue weighted by Gasteiger charge is 2.16. The van der Waals surface area contributed by atoms with Crippen LogP contribution in [0.1, 0.15) is 42.5 Å². The van der Waals surface area contributed by atoms with E-state index < -0.39 is 0 Å². The van der Waals surface area contributed by atoms with Crippen LogP contribution in [0.3, 0.4) is 0 Å². The van der Waals surface area contributed by atoms with Crippen molar-refractivity contribution in [3.8, 4) is 0 Å². The minimum absolute atomic E-state index is 0.0445. The molecule has 0 radical (unpaired) electrons. The second-order valence-corrected chi connectivity index (χ2v) is 5.46. The molecule has 0 unspecified atom stereocenters. The Hall–Kier alpha value is -1.77. The first-order chi connectivity index (χ1) is 9.34. The normalized spacial score (nSPS) is 16.6. The average Bonchev–Trinajstić information content (AvgIpc) is 2.90. The van der Waals surface area contributed by atoms with Gasteiger partial charge in [-0.2, -0.15) is 0 Å². The maximum Gasteiger partial charge on any atom is 0.253 e. The third-order valence-electron chi connectivity index (χ3n) is 4.11. The second-order valence-electron chi connectivity index (χ2n) is 5.46. The van der Waals surface area contributed by atoms with Crippen LogP contribution in [-0.2, 0) is 0 Å². The minimum Gasteiger partial charge on any atom is -0.360 e. The lowest BCUT2D eigenvalue weighted by Crippen LogP contribution is -2.30. The maximum atomic E-state index is 12.2. The molecule has 1 fully saturated rings. The first kappa shape index (κ1) is 12.3. The van der Waals surface area contributed by atoms with Gasteiger partial charge < -0.3 is 10.3 Å². The van der Waals surface area contributed by atoms with Gasteiger partial charge in [-0.25, -0.2) is 0 Å². The maximum absolute atomic E-state index is 12.2. The Morgan fingerprint density at radius 3 is 2.84 bits per heavy atom. The highest BCUT2D eigenvalue weighted by molar-refractivity contribution is 6.06. The molecule has 3 heteroatoms. The zero-order chi connectivity index (χ0) is 13.1. The Balaban J connectivity index is 1.66. The van der Waals surface area contributed by atoms with E-state index in [-0.39, 0.29) is 5.91 Å². The van der Waals surface area contributed by atoms with E-state index in [0.717, 1.165) is 23.0 Å². The number of fused-ring (bicyclic) bond motifs is 1. The van der Waals surface area contributed by atoms with Crippen LogP contribution >= 0.6 is 0 Å². The zero-order valence-corrected chi connectivity index (χ0v) is 11.1. The van der Waals surface area contributed by atoms with E-state index in [0.29, 0.717) is 5.92 Å². The smallest absolute Gasteiger partial charge is 0.253 e. The Labute approximate surface area is 113 Å². The number of para-hydroxylation sites is 1. The molecular formula is C16H20N2O. The quantitative estimate of drug-likeness (QED) is 0.867. The first-order valence-electron chi connectivity index (χ1n) is 7.19. The number of rotatable bonds is 3. The topological polar surface area (TPSA) is 44.9 Å². The minimum atomic E-state index is 0.0445. The number of aromatic nitrogens is 1. The molecule has 1 aromatic heterocycles. The molecule has 0 bridgehead atoms. The lowest BCUT2D eigenvalue weighted by atomic mass is 9.89. The van der Waals surface area contributed by atoms with Crippen molar-refractivity contribution >= 4 is 16.8 Å². The van der Waals surface area contributed by atoms with Crippen LogP contribution in [0, 0.1) is 5.92 Å². The summed E-state index contributed by atoms with van der Waals surface area (Å²) in [5, 5.41) is 4.09. The fourth-order valence-electron chi connectivity index (χ4n) is 2.98. The van der Waals surface area contributed by atoms with Crippen molar-refractivity contribution < 1.29 is 4.79 Å². The molecule has 2 N–H and O–H groups in total. The predicted molar refractivity (Wildman–Crippen MR) is 77.2 cm³/mol. The van der Waals surface area contributed by atoms with Crippen molar-refractivity contribution in [1.29, 1.82) is 0 Å². The average molecular weight is 256 g/mol. The Morgan fingerprint density at radius 1 is 1.21 bits per heavy atom. The van der Waals surface area contributed by atoms with E-state index in [1.165, 1.54) is 32.1 Å². The van der Waals surface area contributed by atoms with Gasteiger partial charge in [0.2, 0.25) is 0 Å². The summed E-state index contributed by atoms with van der Waals surface area (Å²) in [7, 11) is 0. The lowest BCUT2D eigenvalue weighted by molar-refractivity contribution is 0.0945. The van der Waals surface area contributed by atoms with Crippen molar-refractivity contribution in [2.24, 2.45) is 5.92 Å². The molecule has 0 aliphatic heterocycles. The second kappa shape index (κ2) is 5.47. The summed E-state index contributed by atoms with van der Waals surface area (Å²) in [6.45, 7) is 0.818. The molecule has 1 heterocycles. The Bertz CT molecular complexity index is 567. The summed E-state index contributed by atoms with van der Waals surface area (Å²) >= 11 is 0. The van der Waals surface area contributed by atoms with E-state index >= 15 is 0 Å². The summed E-state index contributed by atoms with van der Waals surface area (Å²) in [5.41, 5.74) is 1.77. The third-order valence-corrected chi connectivity index (χ3v) is 4.11. The molecule has 0 atom stereocenters. The van der Waals surface area contributed by atoms with Crippen LogP contribution in [0.2, 0.25) is 0 Å². The van der Waals surface area contributed by atoms with Gasteiger partial charge in [0, 0.05) is 23.6 Å². The number of amides is 1. The number of hydrogen-bond acceptors (Lipinski definition) is 1. The summed E-state index contributed by atoms with van der Waals surface area (Å²) in [6, 6.07) is 7.92. The summed E-state index contributed by atoms with van der Waals surface area (Å²) in [4.78, 5) is 15.4. The van der Waals surface area contributed by atoms with Gasteiger partial charge in [0.25, 0.3) is 5.91 Å². The molecule has 0 saturated heterocycles. The van der Waals surface area contributed by atoms with Crippen LogP contribution in [0.4, 0.5) is 0 Å². The van der Waals surface area contributed by atoms with E-state index in [4.69, 9.17) is 0 Å². The molecule has 3 nitrogen and oxygen atoms in total. The number of carbonyl (C=O) groups is 1. The third kappa shape index (κ3) is 2.65. The molecular weight excluding hydrogens is 236 g/mol. The van der Waals surface area contributed by atoms with Gasteiger partial charge in [0.1, 0.15) is 0 Å². The van der Waals surface area contributed by atoms with Gasteiger partial charge in [-0.05, 0) is 24.8 Å². The molecule has 1 amide bonds. The van der Waals surface area contributed by atoms with Gasteiger partial charge in [0.15, 0.2) is 0 Å². The van der Waals surface area contributed by atoms with Gasteiger partial charge in [-0.1, -0.05) is 37.5 Å². The molecule has 19 heavy (non-hydrogen) atoms. The van der Waals surface area contributed by atoms with Gasteiger partial charge in [0.05, 0.1) is 5.56 Å². The highest BCUT2D eigenvalue weighted by atomic mass is 16.1. The Morgan fingerprint density at radius 2 is 2.00 bits per heavy atom. The molecule has 1 aromatic carbocycles. The van der Waals surface area contributed by atoms with Crippen molar-refractivity contribution in [1.82, 2.24) is 10.3 Å². The number of aromatic amines is 1. The van der Waals surface area contributed by atoms with Crippen molar-refractivity contribution in [3.05, 3.63) is 36.0 Å². The number of H-pyrrole nitrogens is 1. The summed E-state index contributed by atoms with van der Waals surface area (Å²) < 4.78 is 0. The van der Waals surface area contributed by atoms with Crippen molar-refractivity contribution in [2.45, 2.75) is 32.1 Å². The fraction of sp³-hybridized carbons (Fsp3) is 0.438. The van der Waals surface area contributed by atoms with Crippen molar-refractivity contribution in [2.75, 3.05) is 6.54 Å². The zero-order valence-electron chi connectivity index (χ0n) is 11.1. The molecule has 0 spiro atoms. The molecule has 100 valence electrons.